The third-order valence-corrected chi connectivity index (χ3v) is 5.78. The molecule has 0 aliphatic carbocycles. The molecule has 39 heavy (non-hydrogen) atoms. The van der Waals surface area contributed by atoms with E-state index in [-0.39, 0.29) is 23.5 Å². The number of hydrogen-bond acceptors (Lipinski definition) is 7. The molecular formula is C26H26F3N7O3. The number of halogens is 3. The first kappa shape index (κ1) is 27.4. The van der Waals surface area contributed by atoms with Gasteiger partial charge in [-0.3, -0.25) is 9.59 Å². The molecule has 13 heteroatoms. The molecule has 204 valence electrons. The molecule has 1 aliphatic rings. The van der Waals surface area contributed by atoms with E-state index in [1.165, 1.54) is 36.2 Å². The van der Waals surface area contributed by atoms with Crippen molar-refractivity contribution in [3.8, 4) is 5.75 Å². The van der Waals surface area contributed by atoms with Crippen LogP contribution in [-0.4, -0.2) is 70.6 Å². The van der Waals surface area contributed by atoms with Crippen LogP contribution in [0.1, 0.15) is 27.4 Å². The number of alkyl halides is 2. The Morgan fingerprint density at radius 1 is 1.05 bits per heavy atom. The third kappa shape index (κ3) is 7.21. The summed E-state index contributed by atoms with van der Waals surface area (Å²) < 4.78 is 43.1. The van der Waals surface area contributed by atoms with E-state index < -0.39 is 18.9 Å². The zero-order valence-corrected chi connectivity index (χ0v) is 20.9. The van der Waals surface area contributed by atoms with Crippen molar-refractivity contribution in [2.45, 2.75) is 18.9 Å². The number of rotatable bonds is 7. The van der Waals surface area contributed by atoms with E-state index >= 15 is 0 Å². The van der Waals surface area contributed by atoms with Crippen LogP contribution in [0.5, 0.6) is 5.75 Å². The minimum Gasteiger partial charge on any atom is -0.495 e. The lowest BCUT2D eigenvalue weighted by molar-refractivity contribution is 0.0884. The first-order chi connectivity index (χ1) is 18.8. The summed E-state index contributed by atoms with van der Waals surface area (Å²) in [5.41, 5.74) is 0.782. The zero-order chi connectivity index (χ0) is 27.8. The molecule has 0 spiro atoms. The molecule has 0 unspecified atom stereocenters. The van der Waals surface area contributed by atoms with Crippen molar-refractivity contribution in [2.24, 2.45) is 0 Å². The molecule has 3 aromatic heterocycles. The molecule has 1 aliphatic heterocycles. The van der Waals surface area contributed by atoms with Gasteiger partial charge in [-0.15, -0.1) is 5.10 Å². The number of ether oxygens (including phenoxy) is 1. The Bertz CT molecular complexity index is 1400. The number of anilines is 1. The number of aromatic nitrogens is 4. The van der Waals surface area contributed by atoms with Crippen molar-refractivity contribution in [2.75, 3.05) is 31.6 Å². The average Bonchev–Trinajstić information content (AvgIpc) is 3.59. The number of carbonyl (C=O) groups excluding carboxylic acids is 2. The fraction of sp³-hybridized carbons (Fsp3) is 0.269. The van der Waals surface area contributed by atoms with E-state index in [1.807, 2.05) is 4.90 Å². The molecule has 0 bridgehead atoms. The minimum atomic E-state index is -2.65. The van der Waals surface area contributed by atoms with Crippen LogP contribution in [0.4, 0.5) is 19.0 Å². The number of benzene rings is 1. The lowest BCUT2D eigenvalue weighted by Gasteiger charge is -2.18. The van der Waals surface area contributed by atoms with E-state index in [0.29, 0.717) is 42.4 Å². The lowest BCUT2D eigenvalue weighted by Crippen LogP contribution is -2.37. The number of imidazole rings is 1. The topological polar surface area (TPSA) is 114 Å². The number of methoxy groups -OCH3 is 1. The van der Waals surface area contributed by atoms with Gasteiger partial charge in [-0.25, -0.2) is 27.7 Å². The van der Waals surface area contributed by atoms with Crippen LogP contribution >= 0.6 is 0 Å². The Kier molecular flexibility index (Phi) is 8.92. The highest BCUT2D eigenvalue weighted by atomic mass is 19.3. The van der Waals surface area contributed by atoms with E-state index in [4.69, 9.17) is 4.74 Å². The Labute approximate surface area is 221 Å². The molecule has 1 atom stereocenters. The normalized spacial score (nSPS) is 14.6. The van der Waals surface area contributed by atoms with E-state index in [0.717, 1.165) is 0 Å². The SMILES string of the molecule is COc1ccc(C(=O)N[C@H]2CCN(c3ccc4ncc(C(=O)NCC(F)F)n4n3)C2)nc1.Fc1ccccc1. The Morgan fingerprint density at radius 2 is 1.85 bits per heavy atom. The van der Waals surface area contributed by atoms with E-state index in [1.54, 1.807) is 42.5 Å². The van der Waals surface area contributed by atoms with Crippen LogP contribution in [0, 0.1) is 5.82 Å². The smallest absolute Gasteiger partial charge is 0.271 e. The van der Waals surface area contributed by atoms with Gasteiger partial charge < -0.3 is 20.3 Å². The van der Waals surface area contributed by atoms with Gasteiger partial charge in [0.25, 0.3) is 18.2 Å². The summed E-state index contributed by atoms with van der Waals surface area (Å²) in [7, 11) is 1.53. The summed E-state index contributed by atoms with van der Waals surface area (Å²) in [6.45, 7) is 0.408. The third-order valence-electron chi connectivity index (χ3n) is 5.78. The van der Waals surface area contributed by atoms with Crippen molar-refractivity contribution in [3.63, 3.8) is 0 Å². The quantitative estimate of drug-likeness (QED) is 0.370. The van der Waals surface area contributed by atoms with Crippen molar-refractivity contribution in [3.05, 3.63) is 84.2 Å². The van der Waals surface area contributed by atoms with Gasteiger partial charge in [-0.05, 0) is 42.8 Å². The number of carbonyl (C=O) groups is 2. The van der Waals surface area contributed by atoms with Gasteiger partial charge in [0.1, 0.15) is 23.1 Å². The van der Waals surface area contributed by atoms with Crippen LogP contribution in [0.2, 0.25) is 0 Å². The predicted molar refractivity (Wildman–Crippen MR) is 137 cm³/mol. The Morgan fingerprint density at radius 3 is 2.49 bits per heavy atom. The summed E-state index contributed by atoms with van der Waals surface area (Å²) in [5.74, 6) is 0.00793. The molecule has 5 rings (SSSR count). The van der Waals surface area contributed by atoms with Crippen LogP contribution in [-0.2, 0) is 0 Å². The predicted octanol–water partition coefficient (Wildman–Crippen LogP) is 2.96. The monoisotopic (exact) mass is 541 g/mol. The molecular weight excluding hydrogens is 515 g/mol. The second-order valence-corrected chi connectivity index (χ2v) is 8.49. The van der Waals surface area contributed by atoms with Crippen molar-refractivity contribution >= 4 is 23.3 Å². The van der Waals surface area contributed by atoms with Gasteiger partial charge in [-0.2, -0.15) is 0 Å². The minimum absolute atomic E-state index is 0.0668. The fourth-order valence-electron chi connectivity index (χ4n) is 3.84. The molecule has 4 heterocycles. The Balaban J connectivity index is 0.000000438. The molecule has 2 amide bonds. The van der Waals surface area contributed by atoms with Crippen molar-refractivity contribution in [1.29, 1.82) is 0 Å². The molecule has 1 aromatic carbocycles. The van der Waals surface area contributed by atoms with Gasteiger partial charge in [0.05, 0.1) is 26.0 Å². The molecule has 1 saturated heterocycles. The van der Waals surface area contributed by atoms with Crippen molar-refractivity contribution in [1.82, 2.24) is 30.2 Å². The molecule has 10 nitrogen and oxygen atoms in total. The van der Waals surface area contributed by atoms with E-state index in [9.17, 15) is 22.8 Å². The second-order valence-electron chi connectivity index (χ2n) is 8.49. The average molecular weight is 542 g/mol. The number of fused-ring (bicyclic) bond motifs is 1. The highest BCUT2D eigenvalue weighted by molar-refractivity contribution is 5.93. The molecule has 0 radical (unpaired) electrons. The first-order valence-electron chi connectivity index (χ1n) is 12.0. The number of amides is 2. The molecule has 0 saturated carbocycles. The second kappa shape index (κ2) is 12.7. The van der Waals surface area contributed by atoms with Crippen LogP contribution < -0.4 is 20.3 Å². The van der Waals surface area contributed by atoms with Gasteiger partial charge in [0, 0.05) is 19.1 Å². The summed E-state index contributed by atoms with van der Waals surface area (Å²) in [6, 6.07) is 14.5. The van der Waals surface area contributed by atoms with Gasteiger partial charge in [0.2, 0.25) is 0 Å². The molecule has 4 aromatic rings. The largest absolute Gasteiger partial charge is 0.495 e. The summed E-state index contributed by atoms with van der Waals surface area (Å²) in [6.07, 6.45) is 0.830. The number of hydrogen-bond donors (Lipinski definition) is 2. The summed E-state index contributed by atoms with van der Waals surface area (Å²) in [5, 5.41) is 9.56. The van der Waals surface area contributed by atoms with Gasteiger partial charge in [-0.1, -0.05) is 18.2 Å². The summed E-state index contributed by atoms with van der Waals surface area (Å²) in [4.78, 5) is 34.8. The van der Waals surface area contributed by atoms with E-state index in [2.05, 4.69) is 25.7 Å². The summed E-state index contributed by atoms with van der Waals surface area (Å²) >= 11 is 0. The number of nitrogens with one attached hydrogen (secondary N) is 2. The maximum atomic E-state index is 12.5. The van der Waals surface area contributed by atoms with Crippen LogP contribution in [0.25, 0.3) is 5.65 Å². The standard InChI is InChI=1S/C20H21F2N7O3.C6H5F/c1-32-13-2-3-14(23-8-13)19(30)26-12-6-7-28(11-12)18-5-4-17-24-9-15(29(17)27-18)20(31)25-10-16(21)22;7-6-4-2-1-3-5-6/h2-5,8-9,12,16H,6-7,10-11H2,1H3,(H,25,31)(H,26,30);1-5H/t12-;/m0./s1. The Hall–Kier alpha value is -4.68. The van der Waals surface area contributed by atoms with Gasteiger partial charge >= 0.3 is 0 Å². The van der Waals surface area contributed by atoms with Crippen LogP contribution in [0.3, 0.4) is 0 Å². The number of pyridine rings is 1. The molecule has 2 N–H and O–H groups in total. The number of nitrogens with zero attached hydrogens (tertiary/aromatic N) is 5. The lowest BCUT2D eigenvalue weighted by atomic mass is 10.2. The van der Waals surface area contributed by atoms with Crippen molar-refractivity contribution < 1.29 is 27.5 Å². The fourth-order valence-corrected chi connectivity index (χ4v) is 3.84. The van der Waals surface area contributed by atoms with Gasteiger partial charge in [0.15, 0.2) is 11.3 Å². The first-order valence-corrected chi connectivity index (χ1v) is 12.0. The highest BCUT2D eigenvalue weighted by Gasteiger charge is 2.26. The zero-order valence-electron chi connectivity index (χ0n) is 20.9. The maximum absolute atomic E-state index is 12.5. The van der Waals surface area contributed by atoms with Crippen LogP contribution in [0.15, 0.2) is 67.0 Å². The highest BCUT2D eigenvalue weighted by Crippen LogP contribution is 2.20. The maximum Gasteiger partial charge on any atom is 0.271 e. The molecule has 1 fully saturated rings.